The number of thioether (sulfide) groups is 1. The standard InChI is InChI=1S/C21H16FNO3S/c1-12-10-17(24)20(21(25)26-12)16-11-19(13-6-2-3-7-14(13)22)27-18-9-5-4-8-15(18)23-16/h2-10,19,24H,11H2,1H3. The molecule has 2 heterocycles. The van der Waals surface area contributed by atoms with Crippen molar-refractivity contribution in [2.24, 2.45) is 4.99 Å². The number of hydrogen-bond acceptors (Lipinski definition) is 5. The Morgan fingerprint density at radius 2 is 1.93 bits per heavy atom. The minimum atomic E-state index is -0.650. The first kappa shape index (κ1) is 17.5. The number of benzene rings is 2. The van der Waals surface area contributed by atoms with Crippen molar-refractivity contribution in [1.82, 2.24) is 0 Å². The second kappa shape index (κ2) is 7.04. The van der Waals surface area contributed by atoms with E-state index in [0.717, 1.165) is 4.90 Å². The SMILES string of the molecule is Cc1cc(O)c(C2=Nc3ccccc3SC(c3ccccc3F)C2)c(=O)o1. The normalized spacial score (nSPS) is 16.4. The number of aromatic hydroxyl groups is 1. The summed E-state index contributed by atoms with van der Waals surface area (Å²) in [5.41, 5.74) is 0.965. The van der Waals surface area contributed by atoms with E-state index in [1.165, 1.54) is 23.9 Å². The number of rotatable bonds is 2. The molecule has 0 spiro atoms. The molecule has 1 unspecified atom stereocenters. The van der Waals surface area contributed by atoms with Crippen LogP contribution < -0.4 is 5.63 Å². The maximum atomic E-state index is 14.4. The van der Waals surface area contributed by atoms with Gasteiger partial charge in [-0.15, -0.1) is 11.8 Å². The van der Waals surface area contributed by atoms with Crippen LogP contribution in [0.2, 0.25) is 0 Å². The summed E-state index contributed by atoms with van der Waals surface area (Å²) >= 11 is 1.49. The fourth-order valence-corrected chi connectivity index (χ4v) is 4.40. The van der Waals surface area contributed by atoms with Gasteiger partial charge in [0.15, 0.2) is 0 Å². The summed E-state index contributed by atoms with van der Waals surface area (Å²) in [4.78, 5) is 17.9. The Balaban J connectivity index is 1.90. The number of halogens is 1. The molecule has 0 radical (unpaired) electrons. The lowest BCUT2D eigenvalue weighted by Gasteiger charge is -2.16. The Bertz CT molecular complexity index is 1110. The number of nitrogens with zero attached hydrogens (tertiary/aromatic N) is 1. The first-order valence-corrected chi connectivity index (χ1v) is 9.32. The highest BCUT2D eigenvalue weighted by Gasteiger charge is 2.27. The van der Waals surface area contributed by atoms with Crippen molar-refractivity contribution < 1.29 is 13.9 Å². The van der Waals surface area contributed by atoms with Crippen LogP contribution in [-0.2, 0) is 0 Å². The predicted molar refractivity (Wildman–Crippen MR) is 104 cm³/mol. The van der Waals surface area contributed by atoms with Gasteiger partial charge in [-0.25, -0.2) is 9.18 Å². The lowest BCUT2D eigenvalue weighted by atomic mass is 10.0. The van der Waals surface area contributed by atoms with Crippen LogP contribution in [0.15, 0.2) is 73.7 Å². The predicted octanol–water partition coefficient (Wildman–Crippen LogP) is 5.15. The molecule has 1 aliphatic heterocycles. The van der Waals surface area contributed by atoms with Gasteiger partial charge in [0.1, 0.15) is 22.9 Å². The zero-order chi connectivity index (χ0) is 19.0. The first-order valence-electron chi connectivity index (χ1n) is 8.44. The van der Waals surface area contributed by atoms with E-state index in [-0.39, 0.29) is 28.8 Å². The van der Waals surface area contributed by atoms with Crippen LogP contribution in [0.5, 0.6) is 5.75 Å². The molecule has 0 amide bonds. The Labute approximate surface area is 159 Å². The van der Waals surface area contributed by atoms with Gasteiger partial charge in [-0.3, -0.25) is 4.99 Å². The van der Waals surface area contributed by atoms with E-state index in [1.807, 2.05) is 24.3 Å². The second-order valence-corrected chi connectivity index (χ2v) is 7.51. The average molecular weight is 381 g/mol. The largest absolute Gasteiger partial charge is 0.507 e. The highest BCUT2D eigenvalue weighted by Crippen LogP contribution is 2.46. The second-order valence-electron chi connectivity index (χ2n) is 6.26. The Morgan fingerprint density at radius 1 is 1.19 bits per heavy atom. The van der Waals surface area contributed by atoms with Gasteiger partial charge in [-0.2, -0.15) is 0 Å². The molecule has 1 aliphatic rings. The summed E-state index contributed by atoms with van der Waals surface area (Å²) in [6, 6.07) is 15.5. The smallest absolute Gasteiger partial charge is 0.348 e. The summed E-state index contributed by atoms with van der Waals surface area (Å²) in [5.74, 6) is -0.177. The molecule has 0 bridgehead atoms. The van der Waals surface area contributed by atoms with E-state index in [2.05, 4.69) is 4.99 Å². The third-order valence-electron chi connectivity index (χ3n) is 4.36. The van der Waals surface area contributed by atoms with Gasteiger partial charge in [0, 0.05) is 28.2 Å². The van der Waals surface area contributed by atoms with Gasteiger partial charge in [0.05, 0.1) is 11.4 Å². The van der Waals surface area contributed by atoms with Crippen molar-refractivity contribution in [3.63, 3.8) is 0 Å². The molecular formula is C21H16FNO3S. The lowest BCUT2D eigenvalue weighted by molar-refractivity contribution is 0.432. The number of fused-ring (bicyclic) bond motifs is 1. The van der Waals surface area contributed by atoms with Crippen molar-refractivity contribution in [2.45, 2.75) is 23.5 Å². The Hall–Kier alpha value is -2.86. The summed E-state index contributed by atoms with van der Waals surface area (Å²) in [6.45, 7) is 1.59. The molecule has 0 aliphatic carbocycles. The van der Waals surface area contributed by atoms with E-state index in [4.69, 9.17) is 4.42 Å². The van der Waals surface area contributed by atoms with Gasteiger partial charge in [-0.1, -0.05) is 30.3 Å². The van der Waals surface area contributed by atoms with E-state index >= 15 is 0 Å². The maximum Gasteiger partial charge on any atom is 0.348 e. The highest BCUT2D eigenvalue weighted by molar-refractivity contribution is 7.99. The van der Waals surface area contributed by atoms with Gasteiger partial charge >= 0.3 is 5.63 Å². The third-order valence-corrected chi connectivity index (χ3v) is 5.67. The molecule has 4 rings (SSSR count). The number of hydrogen-bond donors (Lipinski definition) is 1. The Kier molecular flexibility index (Phi) is 4.58. The van der Waals surface area contributed by atoms with E-state index in [1.54, 1.807) is 25.1 Å². The van der Waals surface area contributed by atoms with E-state index in [0.29, 0.717) is 22.7 Å². The molecule has 0 saturated heterocycles. The molecule has 2 aromatic carbocycles. The van der Waals surface area contributed by atoms with Crippen LogP contribution >= 0.6 is 11.8 Å². The minimum Gasteiger partial charge on any atom is -0.507 e. The maximum absolute atomic E-state index is 14.4. The first-order chi connectivity index (χ1) is 13.0. The number of aryl methyl sites for hydroxylation is 1. The average Bonchev–Trinajstić information content (AvgIpc) is 2.80. The summed E-state index contributed by atoms with van der Waals surface area (Å²) in [7, 11) is 0. The third kappa shape index (κ3) is 3.40. The zero-order valence-electron chi connectivity index (χ0n) is 14.5. The van der Waals surface area contributed by atoms with Crippen LogP contribution in [0.1, 0.15) is 28.6 Å². The number of para-hydroxylation sites is 1. The molecule has 27 heavy (non-hydrogen) atoms. The van der Waals surface area contributed by atoms with Crippen LogP contribution in [-0.4, -0.2) is 10.8 Å². The monoisotopic (exact) mass is 381 g/mol. The van der Waals surface area contributed by atoms with Gasteiger partial charge in [0.2, 0.25) is 0 Å². The van der Waals surface area contributed by atoms with Crippen LogP contribution in [0, 0.1) is 12.7 Å². The van der Waals surface area contributed by atoms with Crippen LogP contribution in [0.3, 0.4) is 0 Å². The molecule has 4 nitrogen and oxygen atoms in total. The van der Waals surface area contributed by atoms with Gasteiger partial charge < -0.3 is 9.52 Å². The topological polar surface area (TPSA) is 62.8 Å². The highest BCUT2D eigenvalue weighted by atomic mass is 32.2. The summed E-state index contributed by atoms with van der Waals surface area (Å²) in [5, 5.41) is 10.1. The zero-order valence-corrected chi connectivity index (χ0v) is 15.3. The molecule has 136 valence electrons. The summed E-state index contributed by atoms with van der Waals surface area (Å²) in [6.07, 6.45) is 0.279. The van der Waals surface area contributed by atoms with E-state index < -0.39 is 5.63 Å². The van der Waals surface area contributed by atoms with Gasteiger partial charge in [0.25, 0.3) is 0 Å². The fraction of sp³-hybridized carbons (Fsp3) is 0.143. The van der Waals surface area contributed by atoms with Crippen molar-refractivity contribution >= 4 is 23.2 Å². The molecule has 1 atom stereocenters. The molecule has 1 N–H and O–H groups in total. The molecule has 0 saturated carbocycles. The summed E-state index contributed by atoms with van der Waals surface area (Å²) < 4.78 is 19.6. The van der Waals surface area contributed by atoms with Crippen molar-refractivity contribution in [3.8, 4) is 5.75 Å². The van der Waals surface area contributed by atoms with Crippen molar-refractivity contribution in [2.75, 3.05) is 0 Å². The minimum absolute atomic E-state index is 0.0271. The molecule has 0 fully saturated rings. The van der Waals surface area contributed by atoms with Crippen molar-refractivity contribution in [3.05, 3.63) is 87.7 Å². The Morgan fingerprint density at radius 3 is 2.70 bits per heavy atom. The van der Waals surface area contributed by atoms with E-state index in [9.17, 15) is 14.3 Å². The van der Waals surface area contributed by atoms with Gasteiger partial charge in [-0.05, 0) is 25.1 Å². The quantitative estimate of drug-likeness (QED) is 0.667. The fourth-order valence-electron chi connectivity index (χ4n) is 3.14. The number of aliphatic imine (C=N–C) groups is 1. The van der Waals surface area contributed by atoms with Crippen molar-refractivity contribution in [1.29, 1.82) is 0 Å². The van der Waals surface area contributed by atoms with Crippen LogP contribution in [0.25, 0.3) is 0 Å². The van der Waals surface area contributed by atoms with Crippen LogP contribution in [0.4, 0.5) is 10.1 Å². The molecular weight excluding hydrogens is 365 g/mol. The molecule has 3 aromatic rings. The molecule has 1 aromatic heterocycles. The lowest BCUT2D eigenvalue weighted by Crippen LogP contribution is -2.17. The molecule has 6 heteroatoms.